The maximum Gasteiger partial charge on any atom is 0.396 e. The van der Waals surface area contributed by atoms with Crippen molar-refractivity contribution in [2.24, 2.45) is 7.05 Å². The van der Waals surface area contributed by atoms with Crippen molar-refractivity contribution in [3.05, 3.63) is 46.4 Å². The van der Waals surface area contributed by atoms with E-state index in [9.17, 15) is 14.4 Å². The standard InChI is InChI=1S/C14H15N3O4/c1-9-11(15-12(18)14(20)21-3)13(19)17(16(9)2)10-7-5-4-6-8-10/h4-8H,1-3H3,(H,15,18). The highest BCUT2D eigenvalue weighted by atomic mass is 16.5. The summed E-state index contributed by atoms with van der Waals surface area (Å²) < 4.78 is 7.33. The molecule has 7 heteroatoms. The maximum atomic E-state index is 12.4. The van der Waals surface area contributed by atoms with Crippen LogP contribution < -0.4 is 10.9 Å². The molecule has 7 nitrogen and oxygen atoms in total. The zero-order chi connectivity index (χ0) is 15.6. The van der Waals surface area contributed by atoms with Crippen molar-refractivity contribution >= 4 is 17.6 Å². The number of nitrogens with zero attached hydrogens (tertiary/aromatic N) is 2. The molecule has 0 radical (unpaired) electrons. The van der Waals surface area contributed by atoms with E-state index in [1.165, 1.54) is 4.68 Å². The van der Waals surface area contributed by atoms with Crippen LogP contribution in [0.4, 0.5) is 5.69 Å². The van der Waals surface area contributed by atoms with E-state index >= 15 is 0 Å². The number of esters is 1. The molecule has 1 aromatic heterocycles. The smallest absolute Gasteiger partial charge is 0.396 e. The van der Waals surface area contributed by atoms with E-state index in [4.69, 9.17) is 0 Å². The average Bonchev–Trinajstić information content (AvgIpc) is 2.71. The van der Waals surface area contributed by atoms with Crippen LogP contribution in [0, 0.1) is 6.92 Å². The molecule has 0 bridgehead atoms. The number of hydrogen-bond acceptors (Lipinski definition) is 4. The quantitative estimate of drug-likeness (QED) is 0.648. The number of anilines is 1. The summed E-state index contributed by atoms with van der Waals surface area (Å²) in [5.41, 5.74) is 0.822. The second-order valence-electron chi connectivity index (χ2n) is 4.38. The molecule has 1 aromatic carbocycles. The molecule has 1 N–H and O–H groups in total. The van der Waals surface area contributed by atoms with Crippen molar-refractivity contribution in [2.45, 2.75) is 6.92 Å². The fourth-order valence-electron chi connectivity index (χ4n) is 1.97. The first-order valence-corrected chi connectivity index (χ1v) is 6.20. The Labute approximate surface area is 120 Å². The number of carbonyl (C=O) groups is 2. The molecule has 0 aliphatic heterocycles. The highest BCUT2D eigenvalue weighted by molar-refractivity contribution is 6.37. The monoisotopic (exact) mass is 289 g/mol. The fourth-order valence-corrected chi connectivity index (χ4v) is 1.97. The Bertz CT molecular complexity index is 744. The van der Waals surface area contributed by atoms with E-state index in [2.05, 4.69) is 10.1 Å². The summed E-state index contributed by atoms with van der Waals surface area (Å²) in [5.74, 6) is -2.03. The van der Waals surface area contributed by atoms with Gasteiger partial charge in [-0.1, -0.05) is 18.2 Å². The predicted molar refractivity (Wildman–Crippen MR) is 76.4 cm³/mol. The van der Waals surface area contributed by atoms with Gasteiger partial charge in [0.2, 0.25) is 0 Å². The van der Waals surface area contributed by atoms with Crippen LogP contribution in [0.25, 0.3) is 5.69 Å². The zero-order valence-corrected chi connectivity index (χ0v) is 11.9. The molecule has 0 spiro atoms. The van der Waals surface area contributed by atoms with E-state index < -0.39 is 17.4 Å². The number of methoxy groups -OCH3 is 1. The van der Waals surface area contributed by atoms with Crippen LogP contribution in [-0.2, 0) is 21.4 Å². The van der Waals surface area contributed by atoms with Crippen LogP contribution in [0.5, 0.6) is 0 Å². The SMILES string of the molecule is COC(=O)C(=O)Nc1c(C)n(C)n(-c2ccccc2)c1=O. The minimum Gasteiger partial charge on any atom is -0.462 e. The number of amides is 1. The van der Waals surface area contributed by atoms with Gasteiger partial charge in [0.15, 0.2) is 0 Å². The van der Waals surface area contributed by atoms with Crippen molar-refractivity contribution in [2.75, 3.05) is 12.4 Å². The number of para-hydroxylation sites is 1. The van der Waals surface area contributed by atoms with E-state index in [-0.39, 0.29) is 5.69 Å². The van der Waals surface area contributed by atoms with Gasteiger partial charge in [0.05, 0.1) is 18.5 Å². The molecular formula is C14H15N3O4. The van der Waals surface area contributed by atoms with Gasteiger partial charge in [-0.15, -0.1) is 0 Å². The lowest BCUT2D eigenvalue weighted by atomic mass is 10.3. The van der Waals surface area contributed by atoms with Crippen LogP contribution in [-0.4, -0.2) is 28.3 Å². The van der Waals surface area contributed by atoms with Gasteiger partial charge in [-0.3, -0.25) is 14.3 Å². The third-order valence-corrected chi connectivity index (χ3v) is 3.16. The molecule has 110 valence electrons. The van der Waals surface area contributed by atoms with Crippen molar-refractivity contribution in [3.63, 3.8) is 0 Å². The Balaban J connectivity index is 2.49. The maximum absolute atomic E-state index is 12.4. The molecule has 0 saturated heterocycles. The van der Waals surface area contributed by atoms with E-state index in [1.807, 2.05) is 6.07 Å². The Morgan fingerprint density at radius 1 is 1.19 bits per heavy atom. The van der Waals surface area contributed by atoms with Crippen LogP contribution in [0.2, 0.25) is 0 Å². The van der Waals surface area contributed by atoms with Crippen molar-refractivity contribution in [1.29, 1.82) is 0 Å². The fraction of sp³-hybridized carbons (Fsp3) is 0.214. The number of ether oxygens (including phenoxy) is 1. The van der Waals surface area contributed by atoms with Gasteiger partial charge in [0.1, 0.15) is 5.69 Å². The first kappa shape index (κ1) is 14.6. The summed E-state index contributed by atoms with van der Waals surface area (Å²) in [4.78, 5) is 35.1. The topological polar surface area (TPSA) is 82.3 Å². The van der Waals surface area contributed by atoms with Crippen molar-refractivity contribution < 1.29 is 14.3 Å². The Kier molecular flexibility index (Phi) is 3.93. The molecule has 0 aliphatic rings. The highest BCUT2D eigenvalue weighted by Crippen LogP contribution is 2.13. The van der Waals surface area contributed by atoms with Gasteiger partial charge < -0.3 is 10.1 Å². The van der Waals surface area contributed by atoms with Gasteiger partial charge in [0.25, 0.3) is 5.56 Å². The lowest BCUT2D eigenvalue weighted by Gasteiger charge is -2.07. The molecule has 2 aromatic rings. The second-order valence-corrected chi connectivity index (χ2v) is 4.38. The third kappa shape index (κ3) is 2.58. The third-order valence-electron chi connectivity index (χ3n) is 3.16. The first-order valence-electron chi connectivity index (χ1n) is 6.20. The number of nitrogens with one attached hydrogen (secondary N) is 1. The van der Waals surface area contributed by atoms with Gasteiger partial charge in [-0.25, -0.2) is 9.48 Å². The summed E-state index contributed by atoms with van der Waals surface area (Å²) in [6.07, 6.45) is 0. The van der Waals surface area contributed by atoms with Gasteiger partial charge in [-0.2, -0.15) is 0 Å². The van der Waals surface area contributed by atoms with E-state index in [0.717, 1.165) is 7.11 Å². The largest absolute Gasteiger partial charge is 0.462 e. The molecule has 0 aliphatic carbocycles. The molecule has 0 saturated carbocycles. The number of hydrogen-bond donors (Lipinski definition) is 1. The first-order chi connectivity index (χ1) is 9.97. The highest BCUT2D eigenvalue weighted by Gasteiger charge is 2.21. The average molecular weight is 289 g/mol. The zero-order valence-electron chi connectivity index (χ0n) is 11.9. The molecule has 1 amide bonds. The summed E-state index contributed by atoms with van der Waals surface area (Å²) in [6, 6.07) is 8.98. The van der Waals surface area contributed by atoms with Gasteiger partial charge in [-0.05, 0) is 19.1 Å². The molecular weight excluding hydrogens is 274 g/mol. The Morgan fingerprint density at radius 2 is 1.81 bits per heavy atom. The molecule has 0 unspecified atom stereocenters. The molecule has 1 heterocycles. The lowest BCUT2D eigenvalue weighted by Crippen LogP contribution is -2.27. The Hall–Kier alpha value is -2.83. The predicted octanol–water partition coefficient (Wildman–Crippen LogP) is 0.596. The lowest BCUT2D eigenvalue weighted by molar-refractivity contribution is -0.150. The molecule has 21 heavy (non-hydrogen) atoms. The van der Waals surface area contributed by atoms with Gasteiger partial charge >= 0.3 is 11.9 Å². The summed E-state index contributed by atoms with van der Waals surface area (Å²) in [7, 11) is 2.79. The Morgan fingerprint density at radius 3 is 2.38 bits per heavy atom. The van der Waals surface area contributed by atoms with Crippen molar-refractivity contribution in [1.82, 2.24) is 9.36 Å². The van der Waals surface area contributed by atoms with Crippen LogP contribution in [0.3, 0.4) is 0 Å². The second kappa shape index (κ2) is 5.66. The summed E-state index contributed by atoms with van der Waals surface area (Å²) >= 11 is 0. The summed E-state index contributed by atoms with van der Waals surface area (Å²) in [6.45, 7) is 1.67. The van der Waals surface area contributed by atoms with Crippen molar-refractivity contribution in [3.8, 4) is 5.69 Å². The minimum atomic E-state index is -1.05. The molecule has 2 rings (SSSR count). The number of carbonyl (C=O) groups excluding carboxylic acids is 2. The summed E-state index contributed by atoms with van der Waals surface area (Å²) in [5, 5.41) is 2.29. The minimum absolute atomic E-state index is 0.0525. The number of benzene rings is 1. The van der Waals surface area contributed by atoms with E-state index in [0.29, 0.717) is 11.4 Å². The van der Waals surface area contributed by atoms with Crippen LogP contribution in [0.15, 0.2) is 35.1 Å². The van der Waals surface area contributed by atoms with E-state index in [1.54, 1.807) is 42.9 Å². The number of rotatable bonds is 2. The molecule has 0 fully saturated rings. The molecule has 0 atom stereocenters. The van der Waals surface area contributed by atoms with Crippen LogP contribution >= 0.6 is 0 Å². The normalized spacial score (nSPS) is 10.2. The van der Waals surface area contributed by atoms with Gasteiger partial charge in [0, 0.05) is 7.05 Å². The van der Waals surface area contributed by atoms with Crippen LogP contribution in [0.1, 0.15) is 5.69 Å². The number of aromatic nitrogens is 2.